The van der Waals surface area contributed by atoms with Gasteiger partial charge in [-0.3, -0.25) is 10.1 Å². The minimum Gasteiger partial charge on any atom is -0.497 e. The number of aliphatic carboxylic acids is 1. The van der Waals surface area contributed by atoms with Gasteiger partial charge in [0.1, 0.15) is 29.3 Å². The van der Waals surface area contributed by atoms with Gasteiger partial charge in [-0.1, -0.05) is 0 Å². The van der Waals surface area contributed by atoms with Crippen molar-refractivity contribution >= 4 is 13.6 Å². The monoisotopic (exact) mass is 413 g/mol. The molecule has 3 N–H and O–H groups in total. The predicted octanol–water partition coefficient (Wildman–Crippen LogP) is 2.59. The fourth-order valence-electron chi connectivity index (χ4n) is 1.98. The van der Waals surface area contributed by atoms with Crippen molar-refractivity contribution in [2.45, 2.75) is 0 Å². The Kier molecular flexibility index (Phi) is 9.87. The van der Waals surface area contributed by atoms with Crippen LogP contribution in [0.2, 0.25) is 0 Å². The van der Waals surface area contributed by atoms with E-state index in [0.717, 1.165) is 7.11 Å². The largest absolute Gasteiger partial charge is 0.497 e. The molecule has 0 spiro atoms. The van der Waals surface area contributed by atoms with Gasteiger partial charge in [-0.2, -0.15) is 0 Å². The Morgan fingerprint density at radius 2 is 1.21 bits per heavy atom. The number of aliphatic hydroxyl groups excluding tert-OH is 1. The lowest BCUT2D eigenvalue weighted by atomic mass is 10.3. The van der Waals surface area contributed by atoms with Gasteiger partial charge in [0.2, 0.25) is 0 Å². The van der Waals surface area contributed by atoms with Gasteiger partial charge in [0, 0.05) is 7.11 Å². The molecule has 0 amide bonds. The molecule has 0 bridgehead atoms. The summed E-state index contributed by atoms with van der Waals surface area (Å²) in [4.78, 5) is 10.7. The third-order valence-electron chi connectivity index (χ3n) is 3.19. The lowest BCUT2D eigenvalue weighted by molar-refractivity contribution is -0.135. The fraction of sp³-hybridized carbons (Fsp3) is 0.278. The van der Waals surface area contributed by atoms with Crippen molar-refractivity contribution in [3.05, 3.63) is 48.5 Å². The van der Waals surface area contributed by atoms with Crippen LogP contribution in [-0.4, -0.2) is 50.3 Å². The summed E-state index contributed by atoms with van der Waals surface area (Å²) in [6, 6.07) is 12.9. The van der Waals surface area contributed by atoms with Crippen LogP contribution in [0.1, 0.15) is 0 Å². The Balaban J connectivity index is 0.00000190. The Labute approximate surface area is 163 Å². The van der Waals surface area contributed by atoms with E-state index in [-0.39, 0.29) is 12.8 Å². The average Bonchev–Trinajstić information content (AvgIpc) is 2.70. The second kappa shape index (κ2) is 11.9. The maximum Gasteiger partial charge on any atom is 0.444 e. The van der Waals surface area contributed by atoms with Crippen LogP contribution in [0.25, 0.3) is 0 Å². The molecule has 0 radical (unpaired) electrons. The number of rotatable bonds is 10. The molecule has 0 fully saturated rings. The molecule has 0 saturated heterocycles. The van der Waals surface area contributed by atoms with E-state index in [2.05, 4.69) is 5.32 Å². The van der Waals surface area contributed by atoms with Gasteiger partial charge in [0.15, 0.2) is 0 Å². The number of hydrogen-bond donors (Lipinski definition) is 3. The second-order valence-corrected chi connectivity index (χ2v) is 7.03. The van der Waals surface area contributed by atoms with Crippen molar-refractivity contribution in [2.75, 3.05) is 34.2 Å². The van der Waals surface area contributed by atoms with Crippen LogP contribution in [0.5, 0.6) is 23.0 Å². The molecule has 0 aliphatic heterocycles. The summed E-state index contributed by atoms with van der Waals surface area (Å²) in [5.41, 5.74) is 0. The summed E-state index contributed by atoms with van der Waals surface area (Å²) in [6.07, 6.45) is -0.280. The topological polar surface area (TPSA) is 124 Å². The molecule has 0 saturated carbocycles. The molecule has 0 aliphatic carbocycles. The van der Waals surface area contributed by atoms with Crippen molar-refractivity contribution in [1.82, 2.24) is 5.32 Å². The van der Waals surface area contributed by atoms with E-state index in [1.165, 1.54) is 14.2 Å². The maximum atomic E-state index is 13.1. The van der Waals surface area contributed by atoms with E-state index in [0.29, 0.717) is 23.0 Å². The molecule has 0 atom stereocenters. The first-order valence-corrected chi connectivity index (χ1v) is 9.80. The van der Waals surface area contributed by atoms with Crippen LogP contribution in [-0.2, 0) is 9.36 Å². The summed E-state index contributed by atoms with van der Waals surface area (Å²) >= 11 is 0. The van der Waals surface area contributed by atoms with Gasteiger partial charge in [-0.15, -0.1) is 0 Å². The average molecular weight is 413 g/mol. The van der Waals surface area contributed by atoms with Gasteiger partial charge in [-0.25, -0.2) is 4.57 Å². The van der Waals surface area contributed by atoms with Crippen LogP contribution < -0.4 is 23.8 Å². The zero-order valence-corrected chi connectivity index (χ0v) is 16.7. The molecule has 0 unspecified atom stereocenters. The van der Waals surface area contributed by atoms with Gasteiger partial charge in [0.25, 0.3) is 0 Å². The highest BCUT2D eigenvalue weighted by atomic mass is 31.2. The van der Waals surface area contributed by atoms with Crippen LogP contribution >= 0.6 is 7.60 Å². The first kappa shape index (κ1) is 23.3. The summed E-state index contributed by atoms with van der Waals surface area (Å²) in [5.74, 6) is 0.768. The number of carbonyl (C=O) groups is 1. The molecular formula is C18H24NO8P. The highest BCUT2D eigenvalue weighted by Crippen LogP contribution is 2.47. The molecule has 154 valence electrons. The Morgan fingerprint density at radius 1 is 0.857 bits per heavy atom. The molecule has 10 heteroatoms. The molecule has 0 aromatic heterocycles. The zero-order chi connectivity index (χ0) is 21.0. The normalized spacial score (nSPS) is 10.3. The molecule has 28 heavy (non-hydrogen) atoms. The standard InChI is InChI=1S/C17H20NO7P.CH4O/c1-22-13-3-7-15(8-4-13)24-26(21,12-18-11-17(19)20)25-16-9-5-14(23-2)6-10-16;1-2/h3-10,18H,11-12H2,1-2H3,(H,19,20);2H,1H3. The van der Waals surface area contributed by atoms with Gasteiger partial charge >= 0.3 is 13.6 Å². The van der Waals surface area contributed by atoms with E-state index < -0.39 is 13.6 Å². The number of methoxy groups -OCH3 is 2. The van der Waals surface area contributed by atoms with E-state index in [1.54, 1.807) is 48.5 Å². The number of carboxylic acid groups (broad SMARTS) is 1. The van der Waals surface area contributed by atoms with E-state index in [4.69, 9.17) is 28.7 Å². The highest BCUT2D eigenvalue weighted by Gasteiger charge is 2.28. The lowest BCUT2D eigenvalue weighted by Gasteiger charge is -2.20. The van der Waals surface area contributed by atoms with Gasteiger partial charge in [-0.05, 0) is 48.5 Å². The molecule has 2 aromatic carbocycles. The summed E-state index contributed by atoms with van der Waals surface area (Å²) in [5, 5.41) is 18.3. The number of nitrogens with one attached hydrogen (secondary N) is 1. The Morgan fingerprint density at radius 3 is 1.54 bits per heavy atom. The summed E-state index contributed by atoms with van der Waals surface area (Å²) < 4.78 is 34.3. The number of hydrogen-bond acceptors (Lipinski definition) is 8. The van der Waals surface area contributed by atoms with Gasteiger partial charge in [0.05, 0.1) is 20.8 Å². The van der Waals surface area contributed by atoms with Gasteiger partial charge < -0.3 is 28.7 Å². The van der Waals surface area contributed by atoms with Crippen LogP contribution in [0, 0.1) is 0 Å². The third-order valence-corrected chi connectivity index (χ3v) is 4.78. The van der Waals surface area contributed by atoms with E-state index in [1.807, 2.05) is 0 Å². The predicted molar refractivity (Wildman–Crippen MR) is 103 cm³/mol. The third kappa shape index (κ3) is 7.87. The molecule has 2 aromatic rings. The van der Waals surface area contributed by atoms with Crippen molar-refractivity contribution < 1.29 is 38.1 Å². The van der Waals surface area contributed by atoms with Crippen LogP contribution in [0.3, 0.4) is 0 Å². The van der Waals surface area contributed by atoms with Crippen LogP contribution in [0.4, 0.5) is 0 Å². The first-order chi connectivity index (χ1) is 13.4. The molecule has 9 nitrogen and oxygen atoms in total. The number of carboxylic acids is 1. The molecular weight excluding hydrogens is 389 g/mol. The van der Waals surface area contributed by atoms with Crippen LogP contribution in [0.15, 0.2) is 48.5 Å². The van der Waals surface area contributed by atoms with Crippen molar-refractivity contribution in [3.63, 3.8) is 0 Å². The highest BCUT2D eigenvalue weighted by molar-refractivity contribution is 7.54. The Hall–Kier alpha value is -2.74. The van der Waals surface area contributed by atoms with E-state index in [9.17, 15) is 9.36 Å². The smallest absolute Gasteiger partial charge is 0.444 e. The molecule has 0 heterocycles. The lowest BCUT2D eigenvalue weighted by Crippen LogP contribution is -2.25. The first-order valence-electron chi connectivity index (χ1n) is 8.08. The summed E-state index contributed by atoms with van der Waals surface area (Å²) in [7, 11) is 0.340. The molecule has 0 aliphatic rings. The minimum atomic E-state index is -3.72. The Bertz CT molecular complexity index is 711. The number of ether oxygens (including phenoxy) is 2. The number of aliphatic hydroxyl groups is 1. The quantitative estimate of drug-likeness (QED) is 0.504. The molecule has 2 rings (SSSR count). The SMILES string of the molecule is CO.COc1ccc(OP(=O)(CNCC(=O)O)Oc2ccc(OC)cc2)cc1. The van der Waals surface area contributed by atoms with Crippen molar-refractivity contribution in [2.24, 2.45) is 0 Å². The minimum absolute atomic E-state index is 0.280. The van der Waals surface area contributed by atoms with Crippen molar-refractivity contribution in [3.8, 4) is 23.0 Å². The maximum absolute atomic E-state index is 13.1. The van der Waals surface area contributed by atoms with E-state index >= 15 is 0 Å². The second-order valence-electron chi connectivity index (χ2n) is 5.12. The number of benzene rings is 2. The fourth-order valence-corrected chi connectivity index (χ4v) is 3.42. The summed E-state index contributed by atoms with van der Waals surface area (Å²) in [6.45, 7) is -0.373. The zero-order valence-electron chi connectivity index (χ0n) is 15.8. The van der Waals surface area contributed by atoms with Crippen molar-refractivity contribution in [1.29, 1.82) is 0 Å².